The minimum atomic E-state index is -0.863. The monoisotopic (exact) mass is 504 g/mol. The van der Waals surface area contributed by atoms with Crippen LogP contribution in [0.4, 0.5) is 5.69 Å². The molecule has 0 aromatic heterocycles. The van der Waals surface area contributed by atoms with Crippen LogP contribution in [0.2, 0.25) is 0 Å². The van der Waals surface area contributed by atoms with Gasteiger partial charge in [0.05, 0.1) is 48.8 Å². The number of nitrogens with one attached hydrogen (secondary N) is 1. The number of carbonyl (C=O) groups is 3. The summed E-state index contributed by atoms with van der Waals surface area (Å²) < 4.78 is 10.1. The molecule has 2 heterocycles. The van der Waals surface area contributed by atoms with Crippen LogP contribution >= 0.6 is 11.8 Å². The number of nitrogens with two attached hydrogens (primary N) is 1. The van der Waals surface area contributed by atoms with Crippen molar-refractivity contribution in [3.05, 3.63) is 81.7 Å². The zero-order valence-electron chi connectivity index (χ0n) is 19.9. The topological polar surface area (TPSA) is 135 Å². The number of esters is 1. The van der Waals surface area contributed by atoms with Crippen molar-refractivity contribution in [1.82, 2.24) is 4.90 Å². The van der Waals surface area contributed by atoms with E-state index in [2.05, 4.69) is 11.4 Å². The maximum absolute atomic E-state index is 13.8. The van der Waals surface area contributed by atoms with Gasteiger partial charge < -0.3 is 20.5 Å². The summed E-state index contributed by atoms with van der Waals surface area (Å²) in [6.45, 7) is 1.90. The number of amides is 2. The Kier molecular flexibility index (Phi) is 7.03. The number of nitrogens with zero attached hydrogens (tertiary/aromatic N) is 2. The standard InChI is InChI=1S/C26H24N4O5S/c1-14-6-4-8-16(10-14)29-24(32)22-21(15-7-5-9-17(11-15)34-2)18(13-27)23(28)30-25(33)19(36-26(22)30)12-20(31)35-3/h4-11,19,21H,12,28H2,1-3H3,(H,29,32)/t19-,21-/m0/s1. The first-order valence-corrected chi connectivity index (χ1v) is 11.9. The number of anilines is 1. The molecule has 0 aliphatic carbocycles. The number of thioether (sulfide) groups is 1. The van der Waals surface area contributed by atoms with Crippen molar-refractivity contribution in [2.24, 2.45) is 5.73 Å². The number of hydrogen-bond donors (Lipinski definition) is 2. The average Bonchev–Trinajstić information content (AvgIpc) is 3.19. The van der Waals surface area contributed by atoms with E-state index in [1.165, 1.54) is 19.1 Å². The fourth-order valence-electron chi connectivity index (χ4n) is 4.22. The van der Waals surface area contributed by atoms with Gasteiger partial charge in [0.15, 0.2) is 0 Å². The molecular formula is C26H24N4O5S. The molecule has 1 saturated heterocycles. The summed E-state index contributed by atoms with van der Waals surface area (Å²) in [6, 6.07) is 16.4. The quantitative estimate of drug-likeness (QED) is 0.573. The van der Waals surface area contributed by atoms with Gasteiger partial charge in [0, 0.05) is 5.69 Å². The first-order valence-electron chi connectivity index (χ1n) is 11.0. The summed E-state index contributed by atoms with van der Waals surface area (Å²) in [6.07, 6.45) is -0.203. The van der Waals surface area contributed by atoms with Gasteiger partial charge in [-0.25, -0.2) is 0 Å². The van der Waals surface area contributed by atoms with Crippen molar-refractivity contribution in [1.29, 1.82) is 5.26 Å². The van der Waals surface area contributed by atoms with E-state index in [0.717, 1.165) is 17.3 Å². The highest BCUT2D eigenvalue weighted by Gasteiger charge is 2.48. The maximum atomic E-state index is 13.8. The second-order valence-corrected chi connectivity index (χ2v) is 9.41. The predicted molar refractivity (Wildman–Crippen MR) is 134 cm³/mol. The van der Waals surface area contributed by atoms with E-state index < -0.39 is 29.0 Å². The fraction of sp³-hybridized carbons (Fsp3) is 0.231. The van der Waals surface area contributed by atoms with E-state index in [9.17, 15) is 19.6 Å². The van der Waals surface area contributed by atoms with E-state index >= 15 is 0 Å². The smallest absolute Gasteiger partial charge is 0.307 e. The van der Waals surface area contributed by atoms with Crippen molar-refractivity contribution < 1.29 is 23.9 Å². The Labute approximate surface area is 212 Å². The van der Waals surface area contributed by atoms with Gasteiger partial charge in [-0.05, 0) is 42.3 Å². The van der Waals surface area contributed by atoms with E-state index in [1.54, 1.807) is 30.3 Å². The number of ether oxygens (including phenoxy) is 2. The van der Waals surface area contributed by atoms with Gasteiger partial charge >= 0.3 is 5.97 Å². The molecule has 2 amide bonds. The van der Waals surface area contributed by atoms with Crippen molar-refractivity contribution in [2.45, 2.75) is 24.5 Å². The highest BCUT2D eigenvalue weighted by molar-refractivity contribution is 8.04. The Morgan fingerprint density at radius 1 is 1.19 bits per heavy atom. The molecule has 2 aliphatic rings. The van der Waals surface area contributed by atoms with Gasteiger partial charge in [0.2, 0.25) is 5.91 Å². The molecule has 0 spiro atoms. The number of benzene rings is 2. The summed E-state index contributed by atoms with van der Waals surface area (Å²) in [5.41, 5.74) is 8.70. The third-order valence-corrected chi connectivity index (χ3v) is 7.20. The van der Waals surface area contributed by atoms with E-state index in [0.29, 0.717) is 17.0 Å². The summed E-state index contributed by atoms with van der Waals surface area (Å²) in [5, 5.41) is 12.4. The molecule has 2 aromatic rings. The number of aryl methyl sites for hydroxylation is 1. The Bertz CT molecular complexity index is 1360. The van der Waals surface area contributed by atoms with Crippen molar-refractivity contribution >= 4 is 35.2 Å². The highest BCUT2D eigenvalue weighted by Crippen LogP contribution is 2.50. The number of rotatable bonds is 6. The number of methoxy groups -OCH3 is 2. The van der Waals surface area contributed by atoms with Gasteiger partial charge in [-0.2, -0.15) is 5.26 Å². The van der Waals surface area contributed by atoms with Crippen LogP contribution in [-0.2, 0) is 19.1 Å². The van der Waals surface area contributed by atoms with Crippen molar-refractivity contribution in [2.75, 3.05) is 19.5 Å². The molecule has 2 aromatic carbocycles. The van der Waals surface area contributed by atoms with E-state index in [1.807, 2.05) is 25.1 Å². The Hall–Kier alpha value is -4.23. The van der Waals surface area contributed by atoms with Crippen molar-refractivity contribution in [3.63, 3.8) is 0 Å². The van der Waals surface area contributed by atoms with Gasteiger partial charge in [-0.3, -0.25) is 19.3 Å². The van der Waals surface area contributed by atoms with Gasteiger partial charge in [0.1, 0.15) is 16.8 Å². The average molecular weight is 505 g/mol. The van der Waals surface area contributed by atoms with Crippen LogP contribution in [-0.4, -0.2) is 42.2 Å². The molecule has 184 valence electrons. The summed E-state index contributed by atoms with van der Waals surface area (Å²) >= 11 is 1.06. The largest absolute Gasteiger partial charge is 0.497 e. The first kappa shape index (κ1) is 24.9. The molecule has 36 heavy (non-hydrogen) atoms. The SMILES string of the molecule is COC(=O)C[C@@H]1SC2=C(C(=O)Nc3cccc(C)c3)[C@@H](c3cccc(OC)c3)C(C#N)=C(N)N2C1=O. The molecule has 0 unspecified atom stereocenters. The molecule has 0 bridgehead atoms. The number of carbonyl (C=O) groups excluding carboxylic acids is 3. The Morgan fingerprint density at radius 3 is 2.61 bits per heavy atom. The van der Waals surface area contributed by atoms with Crippen LogP contribution in [0, 0.1) is 18.3 Å². The zero-order chi connectivity index (χ0) is 26.0. The molecule has 1 fully saturated rings. The minimum absolute atomic E-state index is 0.0501. The fourth-order valence-corrected chi connectivity index (χ4v) is 5.55. The van der Waals surface area contributed by atoms with Gasteiger partial charge in [-0.1, -0.05) is 36.0 Å². The lowest BCUT2D eigenvalue weighted by Gasteiger charge is -2.32. The summed E-state index contributed by atoms with van der Waals surface area (Å²) in [4.78, 5) is 40.2. The predicted octanol–water partition coefficient (Wildman–Crippen LogP) is 3.15. The lowest BCUT2D eigenvalue weighted by Crippen LogP contribution is -2.39. The molecule has 0 radical (unpaired) electrons. The summed E-state index contributed by atoms with van der Waals surface area (Å²) in [5.74, 6) is -1.95. The molecule has 9 nitrogen and oxygen atoms in total. The number of allylic oxidation sites excluding steroid dienone is 1. The second-order valence-electron chi connectivity index (χ2n) is 8.22. The lowest BCUT2D eigenvalue weighted by molar-refractivity contribution is -0.142. The van der Waals surface area contributed by atoms with Crippen molar-refractivity contribution in [3.8, 4) is 11.8 Å². The minimum Gasteiger partial charge on any atom is -0.497 e. The van der Waals surface area contributed by atoms with Crippen LogP contribution in [0.25, 0.3) is 0 Å². The molecule has 2 atom stereocenters. The maximum Gasteiger partial charge on any atom is 0.307 e. The first-order chi connectivity index (χ1) is 17.3. The lowest BCUT2D eigenvalue weighted by atomic mass is 9.82. The summed E-state index contributed by atoms with van der Waals surface area (Å²) in [7, 11) is 2.75. The van der Waals surface area contributed by atoms with Gasteiger partial charge in [-0.15, -0.1) is 0 Å². The molecule has 4 rings (SSSR count). The molecule has 0 saturated carbocycles. The van der Waals surface area contributed by atoms with Gasteiger partial charge in [0.25, 0.3) is 5.91 Å². The Balaban J connectivity index is 1.89. The molecular weight excluding hydrogens is 480 g/mol. The van der Waals surface area contributed by atoms with Crippen LogP contribution in [0.3, 0.4) is 0 Å². The van der Waals surface area contributed by atoms with E-state index in [4.69, 9.17) is 15.2 Å². The molecule has 3 N–H and O–H groups in total. The third-order valence-electron chi connectivity index (χ3n) is 5.93. The van der Waals surface area contributed by atoms with Crippen LogP contribution in [0.15, 0.2) is 70.5 Å². The zero-order valence-corrected chi connectivity index (χ0v) is 20.7. The van der Waals surface area contributed by atoms with E-state index in [-0.39, 0.29) is 28.4 Å². The molecule has 2 aliphatic heterocycles. The van der Waals surface area contributed by atoms with Crippen LogP contribution in [0.1, 0.15) is 23.5 Å². The Morgan fingerprint density at radius 2 is 1.94 bits per heavy atom. The number of nitriles is 1. The number of fused-ring (bicyclic) bond motifs is 1. The number of hydrogen-bond acceptors (Lipinski definition) is 8. The second kappa shape index (κ2) is 10.2. The normalized spacial score (nSPS) is 19.1. The van der Waals surface area contributed by atoms with Crippen LogP contribution < -0.4 is 15.8 Å². The highest BCUT2D eigenvalue weighted by atomic mass is 32.2. The third kappa shape index (κ3) is 4.53. The molecule has 10 heteroatoms. The van der Waals surface area contributed by atoms with Crippen LogP contribution in [0.5, 0.6) is 5.75 Å².